The van der Waals surface area contributed by atoms with Gasteiger partial charge in [-0.2, -0.15) is 0 Å². The Balaban J connectivity index is 2.09. The third kappa shape index (κ3) is 3.10. The molecule has 1 heteroatoms. The topological polar surface area (TPSA) is 20.2 Å². The van der Waals surface area contributed by atoms with Gasteiger partial charge in [-0.3, -0.25) is 0 Å². The van der Waals surface area contributed by atoms with Crippen molar-refractivity contribution in [3.8, 4) is 0 Å². The summed E-state index contributed by atoms with van der Waals surface area (Å²) in [5, 5.41) is 9.61. The van der Waals surface area contributed by atoms with Gasteiger partial charge < -0.3 is 5.11 Å². The molecule has 1 aromatic carbocycles. The first kappa shape index (κ1) is 12.6. The summed E-state index contributed by atoms with van der Waals surface area (Å²) in [6.45, 7) is 4.67. The zero-order valence-electron chi connectivity index (χ0n) is 11.1. The van der Waals surface area contributed by atoms with E-state index in [9.17, 15) is 5.11 Å². The van der Waals surface area contributed by atoms with Crippen molar-refractivity contribution >= 4 is 0 Å². The predicted octanol–water partition coefficient (Wildman–Crippen LogP) is 3.64. The van der Waals surface area contributed by atoms with Crippen LogP contribution in [0.3, 0.4) is 0 Å². The second kappa shape index (κ2) is 5.68. The summed E-state index contributed by atoms with van der Waals surface area (Å²) in [6, 6.07) is 6.66. The minimum Gasteiger partial charge on any atom is -0.396 e. The van der Waals surface area contributed by atoms with E-state index in [4.69, 9.17) is 0 Å². The fraction of sp³-hybridized carbons (Fsp3) is 0.625. The van der Waals surface area contributed by atoms with Gasteiger partial charge in [0.2, 0.25) is 0 Å². The van der Waals surface area contributed by atoms with Crippen molar-refractivity contribution in [2.24, 2.45) is 11.8 Å². The van der Waals surface area contributed by atoms with E-state index in [1.165, 1.54) is 42.4 Å². The van der Waals surface area contributed by atoms with E-state index in [2.05, 4.69) is 32.0 Å². The molecule has 1 aromatic rings. The van der Waals surface area contributed by atoms with Gasteiger partial charge in [0.1, 0.15) is 0 Å². The maximum Gasteiger partial charge on any atom is 0.0465 e. The molecule has 94 valence electrons. The van der Waals surface area contributed by atoms with Gasteiger partial charge in [-0.1, -0.05) is 49.4 Å². The normalized spacial score (nSPS) is 18.5. The Morgan fingerprint density at radius 2 is 1.94 bits per heavy atom. The highest BCUT2D eigenvalue weighted by atomic mass is 16.3. The molecule has 0 amide bonds. The number of hydrogen-bond donors (Lipinski definition) is 1. The second-order valence-electron chi connectivity index (χ2n) is 5.62. The highest BCUT2D eigenvalue weighted by Gasteiger charge is 2.24. The van der Waals surface area contributed by atoms with Crippen LogP contribution in [0.1, 0.15) is 42.4 Å². The smallest absolute Gasteiger partial charge is 0.0465 e. The SMILES string of the molecule is Cc1ccc(C)c(CC(CO)C2CCCC2)c1. The molecule has 0 saturated heterocycles. The third-order valence-electron chi connectivity index (χ3n) is 4.29. The lowest BCUT2D eigenvalue weighted by molar-refractivity contribution is 0.175. The molecule has 0 spiro atoms. The summed E-state index contributed by atoms with van der Waals surface area (Å²) < 4.78 is 0. The lowest BCUT2D eigenvalue weighted by atomic mass is 9.85. The maximum atomic E-state index is 9.61. The van der Waals surface area contributed by atoms with Crippen molar-refractivity contribution in [3.05, 3.63) is 34.9 Å². The van der Waals surface area contributed by atoms with Crippen LogP contribution in [0.4, 0.5) is 0 Å². The molecule has 1 atom stereocenters. The maximum absolute atomic E-state index is 9.61. The largest absolute Gasteiger partial charge is 0.396 e. The number of hydrogen-bond acceptors (Lipinski definition) is 1. The monoisotopic (exact) mass is 232 g/mol. The van der Waals surface area contributed by atoms with Gasteiger partial charge in [0.15, 0.2) is 0 Å². The molecule has 0 heterocycles. The van der Waals surface area contributed by atoms with Gasteiger partial charge in [-0.25, -0.2) is 0 Å². The number of aliphatic hydroxyl groups is 1. The summed E-state index contributed by atoms with van der Waals surface area (Å²) in [6.07, 6.45) is 6.39. The number of aliphatic hydroxyl groups excluding tert-OH is 1. The summed E-state index contributed by atoms with van der Waals surface area (Å²) in [4.78, 5) is 0. The van der Waals surface area contributed by atoms with Crippen molar-refractivity contribution < 1.29 is 5.11 Å². The molecule has 17 heavy (non-hydrogen) atoms. The first-order valence-electron chi connectivity index (χ1n) is 6.87. The van der Waals surface area contributed by atoms with Crippen molar-refractivity contribution in [3.63, 3.8) is 0 Å². The molecule has 1 aliphatic carbocycles. The first-order chi connectivity index (χ1) is 8.20. The van der Waals surface area contributed by atoms with Crippen LogP contribution in [-0.4, -0.2) is 11.7 Å². The molecule has 1 fully saturated rings. The fourth-order valence-corrected chi connectivity index (χ4v) is 3.11. The molecule has 1 N–H and O–H groups in total. The van der Waals surface area contributed by atoms with Gasteiger partial charge in [-0.05, 0) is 43.2 Å². The minimum atomic E-state index is 0.345. The lowest BCUT2D eigenvalue weighted by Gasteiger charge is -2.22. The Bertz CT molecular complexity index is 364. The van der Waals surface area contributed by atoms with E-state index in [0.29, 0.717) is 12.5 Å². The molecule has 2 rings (SSSR count). The molecular formula is C16H24O. The quantitative estimate of drug-likeness (QED) is 0.840. The minimum absolute atomic E-state index is 0.345. The molecule has 0 bridgehead atoms. The second-order valence-corrected chi connectivity index (χ2v) is 5.62. The van der Waals surface area contributed by atoms with E-state index in [0.717, 1.165) is 12.3 Å². The molecule has 0 radical (unpaired) electrons. The Labute approximate surface area is 105 Å². The van der Waals surface area contributed by atoms with Gasteiger partial charge in [0.05, 0.1) is 0 Å². The molecule has 1 aliphatic rings. The van der Waals surface area contributed by atoms with Crippen LogP contribution < -0.4 is 0 Å². The van der Waals surface area contributed by atoms with Crippen molar-refractivity contribution in [1.82, 2.24) is 0 Å². The highest BCUT2D eigenvalue weighted by molar-refractivity contribution is 5.30. The van der Waals surface area contributed by atoms with Crippen LogP contribution in [0, 0.1) is 25.7 Å². The Morgan fingerprint density at radius 3 is 2.59 bits per heavy atom. The first-order valence-corrected chi connectivity index (χ1v) is 6.87. The Kier molecular flexibility index (Phi) is 4.22. The van der Waals surface area contributed by atoms with Crippen molar-refractivity contribution in [2.45, 2.75) is 46.0 Å². The van der Waals surface area contributed by atoms with Crippen LogP contribution in [0.25, 0.3) is 0 Å². The highest BCUT2D eigenvalue weighted by Crippen LogP contribution is 2.33. The van der Waals surface area contributed by atoms with Gasteiger partial charge in [-0.15, -0.1) is 0 Å². The van der Waals surface area contributed by atoms with E-state index in [1.54, 1.807) is 0 Å². The zero-order valence-corrected chi connectivity index (χ0v) is 11.1. The number of benzene rings is 1. The van der Waals surface area contributed by atoms with Crippen molar-refractivity contribution in [2.75, 3.05) is 6.61 Å². The van der Waals surface area contributed by atoms with Gasteiger partial charge >= 0.3 is 0 Å². The van der Waals surface area contributed by atoms with E-state index >= 15 is 0 Å². The molecule has 1 unspecified atom stereocenters. The third-order valence-corrected chi connectivity index (χ3v) is 4.29. The molecular weight excluding hydrogens is 208 g/mol. The zero-order chi connectivity index (χ0) is 12.3. The standard InChI is InChI=1S/C16H24O/c1-12-7-8-13(2)15(9-12)10-16(11-17)14-5-3-4-6-14/h7-9,14,16-17H,3-6,10-11H2,1-2H3. The van der Waals surface area contributed by atoms with Crippen molar-refractivity contribution in [1.29, 1.82) is 0 Å². The summed E-state index contributed by atoms with van der Waals surface area (Å²) >= 11 is 0. The van der Waals surface area contributed by atoms with E-state index < -0.39 is 0 Å². The summed E-state index contributed by atoms with van der Waals surface area (Å²) in [5.74, 6) is 1.22. The van der Waals surface area contributed by atoms with Gasteiger partial charge in [0, 0.05) is 6.61 Å². The van der Waals surface area contributed by atoms with E-state index in [-0.39, 0.29) is 0 Å². The lowest BCUT2D eigenvalue weighted by Crippen LogP contribution is -2.19. The average Bonchev–Trinajstić information content (AvgIpc) is 2.84. The van der Waals surface area contributed by atoms with E-state index in [1.807, 2.05) is 0 Å². The van der Waals surface area contributed by atoms with Crippen LogP contribution in [0.5, 0.6) is 0 Å². The average molecular weight is 232 g/mol. The summed E-state index contributed by atoms with van der Waals surface area (Å²) in [5.41, 5.74) is 4.12. The Hall–Kier alpha value is -0.820. The fourth-order valence-electron chi connectivity index (χ4n) is 3.11. The van der Waals surface area contributed by atoms with Gasteiger partial charge in [0.25, 0.3) is 0 Å². The van der Waals surface area contributed by atoms with Crippen LogP contribution in [0.15, 0.2) is 18.2 Å². The van der Waals surface area contributed by atoms with Crippen LogP contribution in [0.2, 0.25) is 0 Å². The predicted molar refractivity (Wildman–Crippen MR) is 72.2 cm³/mol. The Morgan fingerprint density at radius 1 is 1.24 bits per heavy atom. The molecule has 1 saturated carbocycles. The van der Waals surface area contributed by atoms with Crippen LogP contribution in [-0.2, 0) is 6.42 Å². The summed E-state index contributed by atoms with van der Waals surface area (Å²) in [7, 11) is 0. The number of aryl methyl sites for hydroxylation is 2. The molecule has 1 nitrogen and oxygen atoms in total. The molecule has 0 aliphatic heterocycles. The molecule has 0 aromatic heterocycles. The number of rotatable bonds is 4. The van der Waals surface area contributed by atoms with Crippen LogP contribution >= 0.6 is 0 Å².